The molecule has 0 unspecified atom stereocenters. The number of aryl methyl sites for hydroxylation is 2. The first-order valence-electron chi connectivity index (χ1n) is 13.9. The van der Waals surface area contributed by atoms with E-state index in [1.165, 1.54) is 10.5 Å². The van der Waals surface area contributed by atoms with E-state index in [-0.39, 0.29) is 41.9 Å². The van der Waals surface area contributed by atoms with Crippen molar-refractivity contribution >= 4 is 17.8 Å². The van der Waals surface area contributed by atoms with Gasteiger partial charge in [0, 0.05) is 6.42 Å². The molecule has 5 heteroatoms. The molecule has 4 aliphatic carbocycles. The van der Waals surface area contributed by atoms with Gasteiger partial charge in [-0.05, 0) is 78.3 Å². The molecule has 3 aromatic rings. The molecular formula is C34H31NO4. The van der Waals surface area contributed by atoms with Crippen LogP contribution in [0, 0.1) is 49.4 Å². The van der Waals surface area contributed by atoms with E-state index in [0.29, 0.717) is 17.6 Å². The van der Waals surface area contributed by atoms with E-state index in [1.807, 2.05) is 49.4 Å². The smallest absolute Gasteiger partial charge is 0.335 e. The fourth-order valence-electron chi connectivity index (χ4n) is 7.27. The molecule has 3 fully saturated rings. The molecule has 2 saturated carbocycles. The maximum absolute atomic E-state index is 13.8. The Morgan fingerprint density at radius 3 is 2.08 bits per heavy atom. The molecule has 0 radical (unpaired) electrons. The fraction of sp³-hybridized carbons (Fsp3) is 0.324. The number of esters is 1. The standard InChI is InChI=1S/C34H31NO4/c1-19-8-10-22(11-9-19)23-12-15-29(20(2)16-23)39-34(38)28(17-21-6-4-3-5-7-21)35-32(36)30-24-13-14-25(27-18-26(24)27)31(30)33(35)37/h3-16,24-28,30-31H,17-18H2,1-2H3/t24-,25-,26-,27-,28+,30-,31+/m1/s1. The monoisotopic (exact) mass is 517 g/mol. The lowest BCUT2D eigenvalue weighted by atomic mass is 9.63. The SMILES string of the molecule is Cc1ccc(-c2ccc(OC(=O)[C@H](Cc3ccccc3)N3C(=O)[C@@H]4[C@@H]5C=C[C@H]([C@H]6C[C@H]56)[C@@H]4C3=O)c(C)c2)cc1. The predicted molar refractivity (Wildman–Crippen MR) is 147 cm³/mol. The zero-order valence-electron chi connectivity index (χ0n) is 22.1. The number of carbonyl (C=O) groups excluding carboxylic acids is 3. The van der Waals surface area contributed by atoms with Crippen molar-refractivity contribution in [1.29, 1.82) is 0 Å². The zero-order valence-corrected chi connectivity index (χ0v) is 22.1. The minimum absolute atomic E-state index is 0.108. The summed E-state index contributed by atoms with van der Waals surface area (Å²) in [6.07, 6.45) is 5.63. The Labute approximate surface area is 228 Å². The third kappa shape index (κ3) is 3.94. The van der Waals surface area contributed by atoms with Gasteiger partial charge in [0.25, 0.3) is 0 Å². The summed E-state index contributed by atoms with van der Waals surface area (Å²) in [6, 6.07) is 22.5. The molecule has 1 aliphatic heterocycles. The first-order valence-corrected chi connectivity index (χ1v) is 13.9. The number of imide groups is 1. The summed E-state index contributed by atoms with van der Waals surface area (Å²) in [5.41, 5.74) is 5.00. The summed E-state index contributed by atoms with van der Waals surface area (Å²) in [6.45, 7) is 3.96. The Morgan fingerprint density at radius 2 is 1.46 bits per heavy atom. The van der Waals surface area contributed by atoms with Crippen LogP contribution in [-0.4, -0.2) is 28.7 Å². The molecule has 0 aromatic heterocycles. The van der Waals surface area contributed by atoms with E-state index in [2.05, 4.69) is 43.3 Å². The molecule has 39 heavy (non-hydrogen) atoms. The second-order valence-corrected chi connectivity index (χ2v) is 11.7. The summed E-state index contributed by atoms with van der Waals surface area (Å²) in [5.74, 6) is -0.0230. The first-order chi connectivity index (χ1) is 18.9. The third-order valence-corrected chi connectivity index (χ3v) is 9.32. The van der Waals surface area contributed by atoms with Crippen LogP contribution in [0.15, 0.2) is 84.9 Å². The van der Waals surface area contributed by atoms with Crippen LogP contribution in [0.3, 0.4) is 0 Å². The number of likely N-dealkylation sites (tertiary alicyclic amines) is 1. The van der Waals surface area contributed by atoms with Crippen LogP contribution in [0.4, 0.5) is 0 Å². The van der Waals surface area contributed by atoms with Gasteiger partial charge in [0.2, 0.25) is 11.8 Å². The number of hydrogen-bond acceptors (Lipinski definition) is 4. The van der Waals surface area contributed by atoms with Gasteiger partial charge in [-0.3, -0.25) is 14.5 Å². The average Bonchev–Trinajstić information content (AvgIpc) is 3.73. The maximum Gasteiger partial charge on any atom is 0.335 e. The topological polar surface area (TPSA) is 63.7 Å². The van der Waals surface area contributed by atoms with Crippen molar-refractivity contribution in [2.45, 2.75) is 32.7 Å². The number of benzene rings is 3. The highest BCUT2D eigenvalue weighted by atomic mass is 16.5. The van der Waals surface area contributed by atoms with Crippen LogP contribution in [0.1, 0.15) is 23.1 Å². The number of nitrogens with zero attached hydrogens (tertiary/aromatic N) is 1. The minimum Gasteiger partial charge on any atom is -0.425 e. The lowest BCUT2D eigenvalue weighted by molar-refractivity contribution is -0.153. The van der Waals surface area contributed by atoms with Gasteiger partial charge in [-0.15, -0.1) is 0 Å². The lowest BCUT2D eigenvalue weighted by Crippen LogP contribution is -2.48. The molecule has 5 nitrogen and oxygen atoms in total. The number of allylic oxidation sites excluding steroid dienone is 2. The van der Waals surface area contributed by atoms with Crippen molar-refractivity contribution in [3.63, 3.8) is 0 Å². The number of hydrogen-bond donors (Lipinski definition) is 0. The zero-order chi connectivity index (χ0) is 26.8. The van der Waals surface area contributed by atoms with Gasteiger partial charge < -0.3 is 4.74 Å². The number of amides is 2. The molecule has 3 aromatic carbocycles. The summed E-state index contributed by atoms with van der Waals surface area (Å²) in [5, 5.41) is 0. The summed E-state index contributed by atoms with van der Waals surface area (Å²) >= 11 is 0. The average molecular weight is 518 g/mol. The van der Waals surface area contributed by atoms with Crippen molar-refractivity contribution in [3.8, 4) is 16.9 Å². The van der Waals surface area contributed by atoms with Gasteiger partial charge in [0.05, 0.1) is 11.8 Å². The highest BCUT2D eigenvalue weighted by molar-refractivity contribution is 6.09. The van der Waals surface area contributed by atoms with Crippen LogP contribution >= 0.6 is 0 Å². The van der Waals surface area contributed by atoms with Gasteiger partial charge >= 0.3 is 5.97 Å². The van der Waals surface area contributed by atoms with E-state index in [9.17, 15) is 14.4 Å². The first kappa shape index (κ1) is 24.1. The van der Waals surface area contributed by atoms with Gasteiger partial charge in [-0.25, -0.2) is 4.79 Å². The minimum atomic E-state index is -1.01. The van der Waals surface area contributed by atoms with E-state index < -0.39 is 12.0 Å². The van der Waals surface area contributed by atoms with Crippen molar-refractivity contribution in [2.24, 2.45) is 35.5 Å². The van der Waals surface area contributed by atoms with Crippen LogP contribution in [0.25, 0.3) is 11.1 Å². The quantitative estimate of drug-likeness (QED) is 0.186. The van der Waals surface area contributed by atoms with Crippen molar-refractivity contribution in [2.75, 3.05) is 0 Å². The van der Waals surface area contributed by atoms with Gasteiger partial charge in [-0.2, -0.15) is 0 Å². The second-order valence-electron chi connectivity index (χ2n) is 11.7. The molecule has 5 aliphatic rings. The maximum atomic E-state index is 13.8. The molecule has 0 spiro atoms. The van der Waals surface area contributed by atoms with Gasteiger partial charge in [0.15, 0.2) is 0 Å². The molecular weight excluding hydrogens is 486 g/mol. The van der Waals surface area contributed by atoms with Crippen molar-refractivity contribution in [3.05, 3.63) is 102 Å². The Bertz CT molecular complexity index is 1470. The van der Waals surface area contributed by atoms with E-state index in [0.717, 1.165) is 28.7 Å². The van der Waals surface area contributed by atoms with Crippen LogP contribution in [-0.2, 0) is 20.8 Å². The predicted octanol–water partition coefficient (Wildman–Crippen LogP) is 5.54. The Morgan fingerprint density at radius 1 is 0.846 bits per heavy atom. The van der Waals surface area contributed by atoms with E-state index in [1.54, 1.807) is 6.07 Å². The van der Waals surface area contributed by atoms with Crippen molar-refractivity contribution in [1.82, 2.24) is 4.90 Å². The van der Waals surface area contributed by atoms with E-state index >= 15 is 0 Å². The molecule has 1 saturated heterocycles. The van der Waals surface area contributed by atoms with Crippen molar-refractivity contribution < 1.29 is 19.1 Å². The van der Waals surface area contributed by atoms with Gasteiger partial charge in [0.1, 0.15) is 11.8 Å². The Balaban J connectivity index is 1.18. The summed E-state index contributed by atoms with van der Waals surface area (Å²) < 4.78 is 5.95. The normalized spacial score (nSPS) is 28.7. The summed E-state index contributed by atoms with van der Waals surface area (Å²) in [7, 11) is 0. The molecule has 2 amide bonds. The van der Waals surface area contributed by atoms with Crippen LogP contribution < -0.4 is 4.74 Å². The third-order valence-electron chi connectivity index (χ3n) is 9.32. The number of rotatable bonds is 6. The largest absolute Gasteiger partial charge is 0.425 e. The molecule has 196 valence electrons. The number of ether oxygens (including phenoxy) is 1. The molecule has 7 atom stereocenters. The second kappa shape index (κ2) is 9.04. The van der Waals surface area contributed by atoms with Crippen LogP contribution in [0.5, 0.6) is 5.75 Å². The molecule has 1 heterocycles. The molecule has 2 bridgehead atoms. The number of carbonyl (C=O) groups is 3. The molecule has 8 rings (SSSR count). The lowest BCUT2D eigenvalue weighted by Gasteiger charge is -2.37. The fourth-order valence-corrected chi connectivity index (χ4v) is 7.27. The Hall–Kier alpha value is -3.99. The highest BCUT2D eigenvalue weighted by Crippen LogP contribution is 2.65. The Kier molecular flexibility index (Phi) is 5.58. The molecule has 0 N–H and O–H groups in total. The van der Waals surface area contributed by atoms with E-state index in [4.69, 9.17) is 4.74 Å². The summed E-state index contributed by atoms with van der Waals surface area (Å²) in [4.78, 5) is 42.8. The van der Waals surface area contributed by atoms with Gasteiger partial charge in [-0.1, -0.05) is 78.4 Å². The highest BCUT2D eigenvalue weighted by Gasteiger charge is 2.68. The van der Waals surface area contributed by atoms with Crippen LogP contribution in [0.2, 0.25) is 0 Å².